The lowest BCUT2D eigenvalue weighted by Crippen LogP contribution is -2.54. The maximum atomic E-state index is 12.2. The highest BCUT2D eigenvalue weighted by atomic mass is 32.2. The molecule has 138 valence electrons. The zero-order chi connectivity index (χ0) is 17.7. The van der Waals surface area contributed by atoms with Crippen molar-refractivity contribution in [3.8, 4) is 0 Å². The molecule has 1 aromatic carbocycles. The maximum absolute atomic E-state index is 12.2. The minimum absolute atomic E-state index is 0.272. The molecule has 25 heavy (non-hydrogen) atoms. The molecule has 0 radical (unpaired) electrons. The van der Waals surface area contributed by atoms with E-state index in [1.54, 1.807) is 7.11 Å². The molecule has 1 amide bonds. The van der Waals surface area contributed by atoms with E-state index in [0.717, 1.165) is 39.1 Å². The standard InChI is InChI=1S/C20H30N2O2S/c1-24-13-12-22-16-20(10-8-19(22)23)9-5-11-21(15-20)14-17-6-3-4-7-18(17)25-2/h3-4,6-7H,5,8-16H2,1-2H3/t20-/m0/s1. The van der Waals surface area contributed by atoms with Gasteiger partial charge in [-0.15, -0.1) is 11.8 Å². The van der Waals surface area contributed by atoms with Crippen molar-refractivity contribution in [2.24, 2.45) is 5.41 Å². The minimum atomic E-state index is 0.272. The molecular weight excluding hydrogens is 332 g/mol. The Bertz CT molecular complexity index is 595. The number of thioether (sulfide) groups is 1. The molecule has 2 heterocycles. The average molecular weight is 363 g/mol. The van der Waals surface area contributed by atoms with Gasteiger partial charge in [-0.3, -0.25) is 9.69 Å². The first-order chi connectivity index (χ1) is 12.2. The molecule has 1 aromatic rings. The molecule has 0 bridgehead atoms. The van der Waals surface area contributed by atoms with Crippen LogP contribution < -0.4 is 0 Å². The van der Waals surface area contributed by atoms with E-state index in [1.165, 1.54) is 23.3 Å². The first-order valence-electron chi connectivity index (χ1n) is 9.27. The second kappa shape index (κ2) is 8.56. The summed E-state index contributed by atoms with van der Waals surface area (Å²) in [5.74, 6) is 0.299. The molecule has 0 unspecified atom stereocenters. The molecule has 0 saturated carbocycles. The highest BCUT2D eigenvalue weighted by Crippen LogP contribution is 2.39. The van der Waals surface area contributed by atoms with Crippen molar-refractivity contribution >= 4 is 17.7 Å². The fraction of sp³-hybridized carbons (Fsp3) is 0.650. The van der Waals surface area contributed by atoms with E-state index in [1.807, 2.05) is 16.7 Å². The van der Waals surface area contributed by atoms with Crippen molar-refractivity contribution in [3.63, 3.8) is 0 Å². The number of methoxy groups -OCH3 is 1. The molecule has 4 nitrogen and oxygen atoms in total. The van der Waals surface area contributed by atoms with E-state index >= 15 is 0 Å². The van der Waals surface area contributed by atoms with Crippen LogP contribution in [0.2, 0.25) is 0 Å². The van der Waals surface area contributed by atoms with Crippen LogP contribution in [0.25, 0.3) is 0 Å². The summed E-state index contributed by atoms with van der Waals surface area (Å²) in [6.07, 6.45) is 6.35. The first-order valence-corrected chi connectivity index (χ1v) is 10.5. The molecule has 0 aromatic heterocycles. The largest absolute Gasteiger partial charge is 0.383 e. The van der Waals surface area contributed by atoms with Crippen LogP contribution in [0.15, 0.2) is 29.2 Å². The number of ether oxygens (including phenoxy) is 1. The molecule has 1 atom stereocenters. The van der Waals surface area contributed by atoms with Crippen LogP contribution in [0.3, 0.4) is 0 Å². The number of piperidine rings is 2. The Morgan fingerprint density at radius 1 is 1.24 bits per heavy atom. The van der Waals surface area contributed by atoms with Crippen LogP contribution in [-0.2, 0) is 16.1 Å². The fourth-order valence-corrected chi connectivity index (χ4v) is 4.97. The molecule has 1 spiro atoms. The van der Waals surface area contributed by atoms with Crippen LogP contribution in [0.1, 0.15) is 31.2 Å². The van der Waals surface area contributed by atoms with Crippen molar-refractivity contribution in [3.05, 3.63) is 29.8 Å². The number of hydrogen-bond acceptors (Lipinski definition) is 4. The predicted molar refractivity (Wildman–Crippen MR) is 103 cm³/mol. The quantitative estimate of drug-likeness (QED) is 0.727. The average Bonchev–Trinajstić information content (AvgIpc) is 2.63. The van der Waals surface area contributed by atoms with Gasteiger partial charge in [0.25, 0.3) is 0 Å². The van der Waals surface area contributed by atoms with Gasteiger partial charge in [-0.1, -0.05) is 18.2 Å². The monoisotopic (exact) mass is 362 g/mol. The van der Waals surface area contributed by atoms with E-state index in [0.29, 0.717) is 18.9 Å². The Morgan fingerprint density at radius 3 is 2.88 bits per heavy atom. The summed E-state index contributed by atoms with van der Waals surface area (Å²) >= 11 is 1.83. The van der Waals surface area contributed by atoms with Gasteiger partial charge in [0, 0.05) is 50.0 Å². The zero-order valence-electron chi connectivity index (χ0n) is 15.5. The second-order valence-electron chi connectivity index (χ2n) is 7.43. The third-order valence-electron chi connectivity index (χ3n) is 5.64. The Hall–Kier alpha value is -1.04. The highest BCUT2D eigenvalue weighted by Gasteiger charge is 2.41. The highest BCUT2D eigenvalue weighted by molar-refractivity contribution is 7.98. The second-order valence-corrected chi connectivity index (χ2v) is 8.28. The summed E-state index contributed by atoms with van der Waals surface area (Å²) in [6.45, 7) is 5.54. The van der Waals surface area contributed by atoms with E-state index < -0.39 is 0 Å². The number of hydrogen-bond donors (Lipinski definition) is 0. The van der Waals surface area contributed by atoms with E-state index in [2.05, 4.69) is 35.4 Å². The van der Waals surface area contributed by atoms with Gasteiger partial charge in [0.15, 0.2) is 0 Å². The van der Waals surface area contributed by atoms with Crippen molar-refractivity contribution < 1.29 is 9.53 Å². The number of carbonyl (C=O) groups is 1. The summed E-state index contributed by atoms with van der Waals surface area (Å²) in [7, 11) is 1.70. The van der Waals surface area contributed by atoms with Crippen LogP contribution in [0.5, 0.6) is 0 Å². The van der Waals surface area contributed by atoms with Crippen LogP contribution >= 0.6 is 11.8 Å². The zero-order valence-corrected chi connectivity index (χ0v) is 16.3. The predicted octanol–water partition coefficient (Wildman–Crippen LogP) is 3.26. The molecule has 0 N–H and O–H groups in total. The van der Waals surface area contributed by atoms with Crippen molar-refractivity contribution in [2.45, 2.75) is 37.1 Å². The number of amides is 1. The van der Waals surface area contributed by atoms with Gasteiger partial charge in [0.2, 0.25) is 5.91 Å². The molecule has 2 saturated heterocycles. The summed E-state index contributed by atoms with van der Waals surface area (Å²) in [4.78, 5) is 18.2. The first kappa shape index (κ1) is 18.7. The molecule has 2 aliphatic heterocycles. The topological polar surface area (TPSA) is 32.8 Å². The lowest BCUT2D eigenvalue weighted by atomic mass is 9.73. The van der Waals surface area contributed by atoms with Gasteiger partial charge in [0.1, 0.15) is 0 Å². The molecule has 5 heteroatoms. The van der Waals surface area contributed by atoms with Gasteiger partial charge in [-0.05, 0) is 43.7 Å². The number of nitrogens with zero attached hydrogens (tertiary/aromatic N) is 2. The molecule has 0 aliphatic carbocycles. The smallest absolute Gasteiger partial charge is 0.222 e. The van der Waals surface area contributed by atoms with Gasteiger partial charge in [-0.25, -0.2) is 0 Å². The third kappa shape index (κ3) is 4.57. The molecule has 3 rings (SSSR count). The van der Waals surface area contributed by atoms with Crippen LogP contribution in [0.4, 0.5) is 0 Å². The van der Waals surface area contributed by atoms with Gasteiger partial charge in [0.05, 0.1) is 6.61 Å². The van der Waals surface area contributed by atoms with E-state index in [4.69, 9.17) is 4.74 Å². The van der Waals surface area contributed by atoms with Gasteiger partial charge >= 0.3 is 0 Å². The Kier molecular flexibility index (Phi) is 6.42. The van der Waals surface area contributed by atoms with Gasteiger partial charge < -0.3 is 9.64 Å². The number of rotatable bonds is 6. The van der Waals surface area contributed by atoms with E-state index in [-0.39, 0.29) is 5.41 Å². The summed E-state index contributed by atoms with van der Waals surface area (Å²) in [6, 6.07) is 8.72. The Balaban J connectivity index is 1.66. The summed E-state index contributed by atoms with van der Waals surface area (Å²) in [5, 5.41) is 0. The Morgan fingerprint density at radius 2 is 2.08 bits per heavy atom. The van der Waals surface area contributed by atoms with Gasteiger partial charge in [-0.2, -0.15) is 0 Å². The Labute approximate surface area is 155 Å². The molecular formula is C20H30N2O2S. The lowest BCUT2D eigenvalue weighted by Gasteiger charge is -2.48. The van der Waals surface area contributed by atoms with Crippen LogP contribution in [-0.4, -0.2) is 61.9 Å². The van der Waals surface area contributed by atoms with Crippen LogP contribution in [0, 0.1) is 5.41 Å². The van der Waals surface area contributed by atoms with E-state index in [9.17, 15) is 4.79 Å². The molecule has 2 aliphatic rings. The fourth-order valence-electron chi connectivity index (χ4n) is 4.36. The number of likely N-dealkylation sites (tertiary alicyclic amines) is 2. The maximum Gasteiger partial charge on any atom is 0.222 e. The number of benzene rings is 1. The third-order valence-corrected chi connectivity index (χ3v) is 6.48. The normalized spacial score (nSPS) is 24.9. The molecule has 2 fully saturated rings. The number of carbonyl (C=O) groups excluding carboxylic acids is 1. The lowest BCUT2D eigenvalue weighted by molar-refractivity contribution is -0.140. The summed E-state index contributed by atoms with van der Waals surface area (Å²) < 4.78 is 5.19. The van der Waals surface area contributed by atoms with Crippen molar-refractivity contribution in [1.29, 1.82) is 0 Å². The van der Waals surface area contributed by atoms with Crippen molar-refractivity contribution in [1.82, 2.24) is 9.80 Å². The minimum Gasteiger partial charge on any atom is -0.383 e. The SMILES string of the molecule is COCCN1C[C@@]2(CCCN(Cc3ccccc3SC)C2)CCC1=O. The van der Waals surface area contributed by atoms with Crippen molar-refractivity contribution in [2.75, 3.05) is 46.2 Å². The summed E-state index contributed by atoms with van der Waals surface area (Å²) in [5.41, 5.74) is 1.70.